The zero-order chi connectivity index (χ0) is 25.5. The number of nitrogens with zero attached hydrogens (tertiary/aromatic N) is 3. The topological polar surface area (TPSA) is 62.3 Å². The fraction of sp³-hybridized carbons (Fsp3) is 0.333. The van der Waals surface area contributed by atoms with Crippen molar-refractivity contribution < 1.29 is 4.74 Å². The molecule has 37 heavy (non-hydrogen) atoms. The summed E-state index contributed by atoms with van der Waals surface area (Å²) in [5, 5.41) is 8.63. The molecule has 1 saturated heterocycles. The van der Waals surface area contributed by atoms with Crippen molar-refractivity contribution >= 4 is 28.3 Å². The maximum atomic E-state index is 6.31. The van der Waals surface area contributed by atoms with Crippen molar-refractivity contribution in [2.45, 2.75) is 19.9 Å². The van der Waals surface area contributed by atoms with Gasteiger partial charge in [-0.25, -0.2) is 9.97 Å². The van der Waals surface area contributed by atoms with Crippen LogP contribution in [0.25, 0.3) is 33.4 Å². The minimum atomic E-state index is 0.667. The van der Waals surface area contributed by atoms with Gasteiger partial charge in [-0.3, -0.25) is 4.90 Å². The molecular formula is C30H34ClN5O. The highest BCUT2D eigenvalue weighted by molar-refractivity contribution is 6.31. The van der Waals surface area contributed by atoms with Crippen molar-refractivity contribution in [3.8, 4) is 22.5 Å². The second-order valence-corrected chi connectivity index (χ2v) is 9.83. The van der Waals surface area contributed by atoms with E-state index in [0.29, 0.717) is 10.8 Å². The van der Waals surface area contributed by atoms with Gasteiger partial charge in [0.2, 0.25) is 0 Å². The summed E-state index contributed by atoms with van der Waals surface area (Å²) in [6.07, 6.45) is 1.14. The SMILES string of the molecule is CCCNCc1ccc(-c2ccc(-c3nc(NCCN4CCOCC4)c4ccc(Cl)cc4n3)cc2)cc1. The van der Waals surface area contributed by atoms with Gasteiger partial charge in [-0.2, -0.15) is 0 Å². The van der Waals surface area contributed by atoms with Crippen molar-refractivity contribution in [2.75, 3.05) is 51.3 Å². The van der Waals surface area contributed by atoms with Gasteiger partial charge in [0.25, 0.3) is 0 Å². The lowest BCUT2D eigenvalue weighted by Crippen LogP contribution is -2.39. The molecule has 4 aromatic rings. The summed E-state index contributed by atoms with van der Waals surface area (Å²) in [7, 11) is 0. The normalized spacial score (nSPS) is 14.2. The summed E-state index contributed by atoms with van der Waals surface area (Å²) in [4.78, 5) is 12.2. The molecule has 0 saturated carbocycles. The van der Waals surface area contributed by atoms with Crippen LogP contribution in [-0.2, 0) is 11.3 Å². The Kier molecular flexibility index (Phi) is 8.64. The molecule has 0 bridgehead atoms. The van der Waals surface area contributed by atoms with E-state index in [-0.39, 0.29) is 0 Å². The predicted octanol–water partition coefficient (Wildman–Crippen LogP) is 5.86. The molecule has 2 N–H and O–H groups in total. The van der Waals surface area contributed by atoms with Gasteiger partial charge in [0, 0.05) is 48.7 Å². The number of nitrogens with one attached hydrogen (secondary N) is 2. The van der Waals surface area contributed by atoms with Gasteiger partial charge in [0.1, 0.15) is 5.82 Å². The third-order valence-corrected chi connectivity index (χ3v) is 6.90. The van der Waals surface area contributed by atoms with Crippen molar-refractivity contribution in [3.63, 3.8) is 0 Å². The quantitative estimate of drug-likeness (QED) is 0.258. The van der Waals surface area contributed by atoms with Gasteiger partial charge in [-0.1, -0.05) is 67.1 Å². The van der Waals surface area contributed by atoms with E-state index in [4.69, 9.17) is 26.3 Å². The zero-order valence-corrected chi connectivity index (χ0v) is 22.1. The number of halogens is 1. The Balaban J connectivity index is 1.34. The molecule has 0 atom stereocenters. The van der Waals surface area contributed by atoms with E-state index in [2.05, 4.69) is 71.0 Å². The number of anilines is 1. The first kappa shape index (κ1) is 25.6. The van der Waals surface area contributed by atoms with Crippen LogP contribution in [0.15, 0.2) is 66.7 Å². The number of rotatable bonds is 10. The molecule has 1 aliphatic heterocycles. The van der Waals surface area contributed by atoms with E-state index in [1.807, 2.05) is 18.2 Å². The third-order valence-electron chi connectivity index (χ3n) is 6.67. The third kappa shape index (κ3) is 6.65. The average molecular weight is 516 g/mol. The van der Waals surface area contributed by atoms with Crippen LogP contribution in [0.3, 0.4) is 0 Å². The van der Waals surface area contributed by atoms with Gasteiger partial charge >= 0.3 is 0 Å². The van der Waals surface area contributed by atoms with Crippen LogP contribution >= 0.6 is 11.6 Å². The van der Waals surface area contributed by atoms with Crippen molar-refractivity contribution in [3.05, 3.63) is 77.3 Å². The Morgan fingerprint density at radius 2 is 1.57 bits per heavy atom. The van der Waals surface area contributed by atoms with Gasteiger partial charge in [0.05, 0.1) is 18.7 Å². The minimum absolute atomic E-state index is 0.667. The van der Waals surface area contributed by atoms with E-state index in [9.17, 15) is 0 Å². The Morgan fingerprint density at radius 3 is 2.30 bits per heavy atom. The van der Waals surface area contributed by atoms with Crippen molar-refractivity contribution in [2.24, 2.45) is 0 Å². The Morgan fingerprint density at radius 1 is 0.865 bits per heavy atom. The number of benzene rings is 3. The summed E-state index contributed by atoms with van der Waals surface area (Å²) in [5.74, 6) is 1.52. The van der Waals surface area contributed by atoms with Gasteiger partial charge < -0.3 is 15.4 Å². The number of morpholine rings is 1. The molecule has 1 aromatic heterocycles. The zero-order valence-electron chi connectivity index (χ0n) is 21.3. The maximum absolute atomic E-state index is 6.31. The summed E-state index contributed by atoms with van der Waals surface area (Å²) in [6.45, 7) is 9.41. The number of aromatic nitrogens is 2. The highest BCUT2D eigenvalue weighted by Gasteiger charge is 2.13. The van der Waals surface area contributed by atoms with Crippen LogP contribution in [0.5, 0.6) is 0 Å². The number of fused-ring (bicyclic) bond motifs is 1. The molecule has 7 heteroatoms. The lowest BCUT2D eigenvalue weighted by atomic mass is 10.0. The van der Waals surface area contributed by atoms with Gasteiger partial charge in [0.15, 0.2) is 5.82 Å². The van der Waals surface area contributed by atoms with Crippen LogP contribution in [0.4, 0.5) is 5.82 Å². The summed E-state index contributed by atoms with van der Waals surface area (Å²) in [5.41, 5.74) is 5.47. The molecule has 3 aromatic carbocycles. The van der Waals surface area contributed by atoms with Crippen LogP contribution in [0, 0.1) is 0 Å². The fourth-order valence-corrected chi connectivity index (χ4v) is 4.73. The first-order valence-corrected chi connectivity index (χ1v) is 13.5. The molecule has 0 unspecified atom stereocenters. The largest absolute Gasteiger partial charge is 0.379 e. The summed E-state index contributed by atoms with van der Waals surface area (Å²) < 4.78 is 5.46. The van der Waals surface area contributed by atoms with Gasteiger partial charge in [-0.15, -0.1) is 0 Å². The Labute approximate surface area is 224 Å². The van der Waals surface area contributed by atoms with E-state index in [0.717, 1.165) is 81.2 Å². The molecule has 0 spiro atoms. The molecule has 1 aliphatic rings. The first-order valence-electron chi connectivity index (χ1n) is 13.1. The summed E-state index contributed by atoms with van der Waals surface area (Å²) >= 11 is 6.31. The van der Waals surface area contributed by atoms with Crippen molar-refractivity contribution in [1.29, 1.82) is 0 Å². The number of hydrogen-bond acceptors (Lipinski definition) is 6. The highest BCUT2D eigenvalue weighted by atomic mass is 35.5. The van der Waals surface area contributed by atoms with Crippen LogP contribution in [-0.4, -0.2) is 60.8 Å². The van der Waals surface area contributed by atoms with E-state index in [1.54, 1.807) is 0 Å². The second-order valence-electron chi connectivity index (χ2n) is 9.39. The average Bonchev–Trinajstić information content (AvgIpc) is 2.94. The number of hydrogen-bond donors (Lipinski definition) is 2. The molecule has 2 heterocycles. The van der Waals surface area contributed by atoms with E-state index >= 15 is 0 Å². The summed E-state index contributed by atoms with van der Waals surface area (Å²) in [6, 6.07) is 23.0. The van der Waals surface area contributed by atoms with E-state index in [1.165, 1.54) is 16.7 Å². The van der Waals surface area contributed by atoms with Crippen LogP contribution < -0.4 is 10.6 Å². The Hall–Kier alpha value is -3.03. The molecule has 0 amide bonds. The van der Waals surface area contributed by atoms with Crippen molar-refractivity contribution in [1.82, 2.24) is 20.2 Å². The second kappa shape index (κ2) is 12.5. The first-order chi connectivity index (χ1) is 18.2. The number of ether oxygens (including phenoxy) is 1. The standard InChI is InChI=1S/C30H34ClN5O/c1-2-13-32-21-22-3-5-23(6-4-22)24-7-9-25(10-8-24)29-34-28-20-26(31)11-12-27(28)30(35-29)33-14-15-36-16-18-37-19-17-36/h3-12,20,32H,2,13-19,21H2,1H3,(H,33,34,35). The molecule has 1 fully saturated rings. The molecule has 0 aliphatic carbocycles. The lowest BCUT2D eigenvalue weighted by Gasteiger charge is -2.26. The maximum Gasteiger partial charge on any atom is 0.162 e. The van der Waals surface area contributed by atoms with Crippen LogP contribution in [0.1, 0.15) is 18.9 Å². The molecule has 5 rings (SSSR count). The lowest BCUT2D eigenvalue weighted by molar-refractivity contribution is 0.0398. The Bertz CT molecular complexity index is 1300. The minimum Gasteiger partial charge on any atom is -0.379 e. The predicted molar refractivity (Wildman–Crippen MR) is 153 cm³/mol. The monoisotopic (exact) mass is 515 g/mol. The van der Waals surface area contributed by atoms with Gasteiger partial charge in [-0.05, 0) is 47.9 Å². The molecule has 0 radical (unpaired) electrons. The fourth-order valence-electron chi connectivity index (χ4n) is 4.56. The highest BCUT2D eigenvalue weighted by Crippen LogP contribution is 2.29. The molecular weight excluding hydrogens is 482 g/mol. The van der Waals surface area contributed by atoms with E-state index < -0.39 is 0 Å². The smallest absolute Gasteiger partial charge is 0.162 e. The van der Waals surface area contributed by atoms with Crippen LogP contribution in [0.2, 0.25) is 5.02 Å². The molecule has 6 nitrogen and oxygen atoms in total. The molecule has 192 valence electrons.